The Bertz CT molecular complexity index is 1130. The van der Waals surface area contributed by atoms with E-state index in [4.69, 9.17) is 9.47 Å². The Morgan fingerprint density at radius 3 is 2.30 bits per heavy atom. The lowest BCUT2D eigenvalue weighted by Gasteiger charge is -2.19. The third-order valence-electron chi connectivity index (χ3n) is 5.23. The number of amides is 2. The number of hydrogen-bond donors (Lipinski definition) is 0. The fraction of sp³-hybridized carbons (Fsp3) is 0.333. The van der Waals surface area contributed by atoms with Gasteiger partial charge in [-0.1, -0.05) is 0 Å². The van der Waals surface area contributed by atoms with E-state index in [1.54, 1.807) is 32.1 Å². The molecule has 0 bridgehead atoms. The molecule has 1 aliphatic rings. The number of benzene rings is 1. The van der Waals surface area contributed by atoms with Crippen molar-refractivity contribution in [3.63, 3.8) is 0 Å². The van der Waals surface area contributed by atoms with Crippen LogP contribution in [0.5, 0.6) is 0 Å². The summed E-state index contributed by atoms with van der Waals surface area (Å²) in [5.41, 5.74) is 3.87. The highest BCUT2D eigenvalue weighted by molar-refractivity contribution is 8.18. The molecule has 33 heavy (non-hydrogen) atoms. The van der Waals surface area contributed by atoms with Crippen molar-refractivity contribution in [2.24, 2.45) is 0 Å². The molecule has 1 aromatic heterocycles. The molecule has 1 saturated heterocycles. The Hall–Kier alpha value is -3.33. The second-order valence-corrected chi connectivity index (χ2v) is 8.40. The smallest absolute Gasteiger partial charge is 0.338 e. The number of esters is 2. The first-order valence-corrected chi connectivity index (χ1v) is 11.4. The van der Waals surface area contributed by atoms with Gasteiger partial charge in [-0.3, -0.25) is 14.5 Å². The zero-order valence-corrected chi connectivity index (χ0v) is 20.0. The molecular formula is C24H26N2O6S. The summed E-state index contributed by atoms with van der Waals surface area (Å²) in [5.74, 6) is -1.52. The van der Waals surface area contributed by atoms with Crippen LogP contribution in [-0.4, -0.2) is 51.8 Å². The number of nitrogens with zero attached hydrogens (tertiary/aromatic N) is 2. The summed E-state index contributed by atoms with van der Waals surface area (Å²) in [6.45, 7) is 9.21. The quantitative estimate of drug-likeness (QED) is 0.441. The predicted molar refractivity (Wildman–Crippen MR) is 125 cm³/mol. The zero-order valence-electron chi connectivity index (χ0n) is 19.2. The van der Waals surface area contributed by atoms with E-state index in [1.165, 1.54) is 6.92 Å². The molecule has 0 radical (unpaired) electrons. The molecule has 1 atom stereocenters. The van der Waals surface area contributed by atoms with Crippen molar-refractivity contribution in [1.82, 2.24) is 9.47 Å². The first-order valence-electron chi connectivity index (χ1n) is 10.6. The fourth-order valence-corrected chi connectivity index (χ4v) is 4.51. The highest BCUT2D eigenvalue weighted by Crippen LogP contribution is 2.35. The van der Waals surface area contributed by atoms with Crippen molar-refractivity contribution < 1.29 is 28.7 Å². The summed E-state index contributed by atoms with van der Waals surface area (Å²) in [6.07, 6.45) is 1.66. The fourth-order valence-electron chi connectivity index (χ4n) is 3.62. The summed E-state index contributed by atoms with van der Waals surface area (Å²) in [6, 6.07) is 7.98. The van der Waals surface area contributed by atoms with Gasteiger partial charge >= 0.3 is 11.9 Å². The van der Waals surface area contributed by atoms with Crippen LogP contribution in [-0.2, 0) is 19.1 Å². The number of carbonyl (C=O) groups excluding carboxylic acids is 4. The second-order valence-electron chi connectivity index (χ2n) is 7.41. The van der Waals surface area contributed by atoms with Crippen molar-refractivity contribution in [1.29, 1.82) is 0 Å². The second kappa shape index (κ2) is 10.1. The third-order valence-corrected chi connectivity index (χ3v) is 6.12. The lowest BCUT2D eigenvalue weighted by atomic mass is 10.2. The molecule has 2 heterocycles. The van der Waals surface area contributed by atoms with E-state index in [1.807, 2.05) is 36.6 Å². The van der Waals surface area contributed by atoms with Crippen LogP contribution in [0.2, 0.25) is 0 Å². The first-order chi connectivity index (χ1) is 15.7. The molecule has 0 aliphatic carbocycles. The number of ether oxygens (including phenoxy) is 2. The number of thioether (sulfide) groups is 1. The Balaban J connectivity index is 1.88. The highest BCUT2D eigenvalue weighted by atomic mass is 32.2. The first kappa shape index (κ1) is 24.3. The maximum Gasteiger partial charge on any atom is 0.338 e. The van der Waals surface area contributed by atoms with Gasteiger partial charge in [0.2, 0.25) is 0 Å². The summed E-state index contributed by atoms with van der Waals surface area (Å²) >= 11 is 0.800. The Labute approximate surface area is 196 Å². The number of aryl methyl sites for hydroxylation is 1. The normalized spacial score (nSPS) is 15.8. The molecule has 9 heteroatoms. The molecule has 2 aromatic rings. The van der Waals surface area contributed by atoms with E-state index < -0.39 is 23.2 Å². The van der Waals surface area contributed by atoms with E-state index in [-0.39, 0.29) is 17.5 Å². The number of imide groups is 1. The van der Waals surface area contributed by atoms with Gasteiger partial charge in [-0.2, -0.15) is 0 Å². The lowest BCUT2D eigenvalue weighted by molar-refractivity contribution is -0.150. The Kier molecular flexibility index (Phi) is 7.43. The average molecular weight is 471 g/mol. The summed E-state index contributed by atoms with van der Waals surface area (Å²) < 4.78 is 12.0. The number of rotatable bonds is 7. The van der Waals surface area contributed by atoms with Crippen LogP contribution in [0.15, 0.2) is 35.2 Å². The van der Waals surface area contributed by atoms with Gasteiger partial charge in [0.05, 0.1) is 23.7 Å². The number of carbonyl (C=O) groups is 4. The van der Waals surface area contributed by atoms with Crippen LogP contribution >= 0.6 is 11.8 Å². The van der Waals surface area contributed by atoms with E-state index in [2.05, 4.69) is 0 Å². The SMILES string of the molecule is CCOC(=O)c1ccc(-n2c(C)cc(/C=C3/SC(=O)N([C@H](C)C(=O)OCC)C3=O)c2C)cc1. The van der Waals surface area contributed by atoms with Crippen molar-refractivity contribution in [3.8, 4) is 5.69 Å². The molecule has 0 unspecified atom stereocenters. The van der Waals surface area contributed by atoms with Crippen LogP contribution in [0.1, 0.15) is 48.1 Å². The van der Waals surface area contributed by atoms with Crippen LogP contribution in [0.25, 0.3) is 11.8 Å². The molecule has 2 amide bonds. The maximum absolute atomic E-state index is 12.9. The molecular weight excluding hydrogens is 444 g/mol. The van der Waals surface area contributed by atoms with Gasteiger partial charge in [-0.25, -0.2) is 9.59 Å². The van der Waals surface area contributed by atoms with Crippen LogP contribution in [0.4, 0.5) is 4.79 Å². The number of aromatic nitrogens is 1. The van der Waals surface area contributed by atoms with Gasteiger partial charge in [0, 0.05) is 17.1 Å². The van der Waals surface area contributed by atoms with Crippen molar-refractivity contribution in [2.45, 2.75) is 40.7 Å². The Morgan fingerprint density at radius 2 is 1.70 bits per heavy atom. The molecule has 1 fully saturated rings. The molecule has 0 N–H and O–H groups in total. The third kappa shape index (κ3) is 4.88. The average Bonchev–Trinajstić information content (AvgIpc) is 3.22. The molecule has 8 nitrogen and oxygen atoms in total. The summed E-state index contributed by atoms with van der Waals surface area (Å²) in [5, 5.41) is -0.504. The largest absolute Gasteiger partial charge is 0.464 e. The summed E-state index contributed by atoms with van der Waals surface area (Å²) in [4.78, 5) is 50.4. The molecule has 1 aromatic carbocycles. The molecule has 1 aliphatic heterocycles. The standard InChI is InChI=1S/C24H26N2O6S/c1-6-31-22(28)16(5)26-21(27)20(33-24(26)30)13-18-12-14(3)25(15(18)4)19-10-8-17(9-11-19)23(29)32-7-2/h8-13,16H,6-7H2,1-5H3/b20-13+/t16-/m1/s1. The van der Waals surface area contributed by atoms with E-state index >= 15 is 0 Å². The minimum Gasteiger partial charge on any atom is -0.464 e. The van der Waals surface area contributed by atoms with Gasteiger partial charge in [-0.15, -0.1) is 0 Å². The van der Waals surface area contributed by atoms with Crippen LogP contribution in [0, 0.1) is 13.8 Å². The minimum absolute atomic E-state index is 0.169. The maximum atomic E-state index is 12.9. The lowest BCUT2D eigenvalue weighted by Crippen LogP contribution is -2.42. The van der Waals surface area contributed by atoms with E-state index in [0.29, 0.717) is 12.2 Å². The summed E-state index contributed by atoms with van der Waals surface area (Å²) in [7, 11) is 0. The monoisotopic (exact) mass is 470 g/mol. The highest BCUT2D eigenvalue weighted by Gasteiger charge is 2.41. The zero-order chi connectivity index (χ0) is 24.3. The van der Waals surface area contributed by atoms with Crippen LogP contribution in [0.3, 0.4) is 0 Å². The van der Waals surface area contributed by atoms with Crippen molar-refractivity contribution in [3.05, 3.63) is 57.8 Å². The molecule has 3 rings (SSSR count). The van der Waals surface area contributed by atoms with Gasteiger partial charge in [0.1, 0.15) is 6.04 Å². The van der Waals surface area contributed by atoms with Gasteiger partial charge in [0.25, 0.3) is 11.1 Å². The molecule has 0 saturated carbocycles. The van der Waals surface area contributed by atoms with E-state index in [9.17, 15) is 19.2 Å². The Morgan fingerprint density at radius 1 is 1.06 bits per heavy atom. The molecule has 174 valence electrons. The van der Waals surface area contributed by atoms with Gasteiger partial charge < -0.3 is 14.0 Å². The number of hydrogen-bond acceptors (Lipinski definition) is 7. The predicted octanol–water partition coefficient (Wildman–Crippen LogP) is 4.26. The van der Waals surface area contributed by atoms with Crippen LogP contribution < -0.4 is 0 Å². The molecule has 0 spiro atoms. The topological polar surface area (TPSA) is 94.9 Å². The minimum atomic E-state index is -0.992. The van der Waals surface area contributed by atoms with E-state index in [0.717, 1.165) is 39.3 Å². The van der Waals surface area contributed by atoms with Gasteiger partial charge in [-0.05, 0) is 88.4 Å². The van der Waals surface area contributed by atoms with Crippen molar-refractivity contribution >= 4 is 40.9 Å². The van der Waals surface area contributed by atoms with Crippen molar-refractivity contribution in [2.75, 3.05) is 13.2 Å². The van der Waals surface area contributed by atoms with Gasteiger partial charge in [0.15, 0.2) is 0 Å².